The van der Waals surface area contributed by atoms with E-state index in [2.05, 4.69) is 15.4 Å². The molecule has 22 heavy (non-hydrogen) atoms. The molecule has 0 aliphatic heterocycles. The first-order chi connectivity index (χ1) is 10.3. The number of hydrogen-bond acceptors (Lipinski definition) is 4. The summed E-state index contributed by atoms with van der Waals surface area (Å²) in [5.74, 6) is -0.379. The number of aryl methyl sites for hydroxylation is 1. The van der Waals surface area contributed by atoms with E-state index >= 15 is 0 Å². The van der Waals surface area contributed by atoms with Gasteiger partial charge in [-0.15, -0.1) is 11.3 Å². The van der Waals surface area contributed by atoms with Crippen molar-refractivity contribution in [2.45, 2.75) is 39.0 Å². The van der Waals surface area contributed by atoms with E-state index in [-0.39, 0.29) is 10.9 Å². The Bertz CT molecular complexity index is 650. The van der Waals surface area contributed by atoms with E-state index in [0.717, 1.165) is 16.7 Å². The van der Waals surface area contributed by atoms with E-state index in [9.17, 15) is 18.0 Å². The topological polar surface area (TPSA) is 59.8 Å². The van der Waals surface area contributed by atoms with Crippen molar-refractivity contribution in [2.24, 2.45) is 0 Å². The van der Waals surface area contributed by atoms with Gasteiger partial charge in [0, 0.05) is 18.1 Å². The molecule has 2 aromatic rings. The first kappa shape index (κ1) is 16.5. The molecule has 0 bridgehead atoms. The summed E-state index contributed by atoms with van der Waals surface area (Å²) in [5.41, 5.74) is -0.563. The van der Waals surface area contributed by atoms with Gasteiger partial charge >= 0.3 is 6.18 Å². The Hall–Kier alpha value is -1.90. The van der Waals surface area contributed by atoms with Crippen LogP contribution < -0.4 is 5.32 Å². The molecule has 2 aromatic heterocycles. The van der Waals surface area contributed by atoms with Crippen LogP contribution in [0.1, 0.15) is 47.4 Å². The highest BCUT2D eigenvalue weighted by Gasteiger charge is 2.34. The van der Waals surface area contributed by atoms with Crippen LogP contribution in [0.25, 0.3) is 0 Å². The molecule has 2 rings (SSSR count). The number of carbonyl (C=O) groups is 1. The minimum Gasteiger partial charge on any atom is -0.343 e. The van der Waals surface area contributed by atoms with Crippen molar-refractivity contribution in [1.29, 1.82) is 0 Å². The normalized spacial score (nSPS) is 13.1. The van der Waals surface area contributed by atoms with Crippen LogP contribution >= 0.6 is 11.3 Å². The Balaban J connectivity index is 2.11. The van der Waals surface area contributed by atoms with Crippen LogP contribution in [0.15, 0.2) is 17.8 Å². The third-order valence-corrected chi connectivity index (χ3v) is 4.00. The van der Waals surface area contributed by atoms with Gasteiger partial charge in [0.15, 0.2) is 5.69 Å². The van der Waals surface area contributed by atoms with Gasteiger partial charge in [0.2, 0.25) is 0 Å². The van der Waals surface area contributed by atoms with Crippen molar-refractivity contribution >= 4 is 17.2 Å². The number of carbonyl (C=O) groups excluding carboxylic acids is 1. The Morgan fingerprint density at radius 3 is 2.68 bits per heavy atom. The Labute approximate surface area is 129 Å². The molecule has 1 atom stereocenters. The number of alkyl halides is 3. The molecule has 0 aromatic carbocycles. The lowest BCUT2D eigenvalue weighted by atomic mass is 10.2. The lowest BCUT2D eigenvalue weighted by Crippen LogP contribution is -2.28. The molecule has 0 aliphatic rings. The standard InChI is InChI=1S/C13H15F3N4OS/c1-3-9(12-19-10(7-22-12)13(14,15)16)18-11(21)8-5-17-20(4-2)6-8/h5-7,9H,3-4H2,1-2H3,(H,18,21)/t9-/m1/s1. The zero-order valence-corrected chi connectivity index (χ0v) is 12.8. The number of amides is 1. The zero-order valence-electron chi connectivity index (χ0n) is 12.0. The Kier molecular flexibility index (Phi) is 4.84. The van der Waals surface area contributed by atoms with Gasteiger partial charge in [0.1, 0.15) is 5.01 Å². The molecule has 0 unspecified atom stereocenters. The quantitative estimate of drug-likeness (QED) is 0.914. The number of hydrogen-bond donors (Lipinski definition) is 1. The number of thiazole rings is 1. The molecule has 1 N–H and O–H groups in total. The van der Waals surface area contributed by atoms with Crippen molar-refractivity contribution in [1.82, 2.24) is 20.1 Å². The van der Waals surface area contributed by atoms with Crippen molar-refractivity contribution in [2.75, 3.05) is 0 Å². The third-order valence-electron chi connectivity index (χ3n) is 3.04. The van der Waals surface area contributed by atoms with E-state index in [1.54, 1.807) is 17.8 Å². The number of halogens is 3. The SMILES string of the molecule is CC[C@@H](NC(=O)c1cnn(CC)c1)c1nc(C(F)(F)F)cs1. The zero-order chi connectivity index (χ0) is 16.3. The molecule has 0 saturated carbocycles. The summed E-state index contributed by atoms with van der Waals surface area (Å²) >= 11 is 0.889. The van der Waals surface area contributed by atoms with Gasteiger partial charge in [-0.2, -0.15) is 18.3 Å². The second-order valence-corrected chi connectivity index (χ2v) is 5.48. The van der Waals surface area contributed by atoms with Crippen LogP contribution in [-0.4, -0.2) is 20.7 Å². The fourth-order valence-corrected chi connectivity index (χ4v) is 2.77. The van der Waals surface area contributed by atoms with Crippen molar-refractivity contribution in [3.05, 3.63) is 34.0 Å². The lowest BCUT2D eigenvalue weighted by molar-refractivity contribution is -0.140. The molecule has 0 radical (unpaired) electrons. The molecule has 0 aliphatic carbocycles. The van der Waals surface area contributed by atoms with Gasteiger partial charge in [0.25, 0.3) is 5.91 Å². The summed E-state index contributed by atoms with van der Waals surface area (Å²) in [6.07, 6.45) is -1.02. The van der Waals surface area contributed by atoms with Crippen LogP contribution in [0.2, 0.25) is 0 Å². The van der Waals surface area contributed by atoms with Gasteiger partial charge in [-0.1, -0.05) is 6.92 Å². The number of nitrogens with one attached hydrogen (secondary N) is 1. The van der Waals surface area contributed by atoms with Gasteiger partial charge in [0.05, 0.1) is 17.8 Å². The fourth-order valence-electron chi connectivity index (χ4n) is 1.81. The van der Waals surface area contributed by atoms with Crippen molar-refractivity contribution < 1.29 is 18.0 Å². The predicted molar refractivity (Wildman–Crippen MR) is 75.5 cm³/mol. The Morgan fingerprint density at radius 2 is 2.18 bits per heavy atom. The van der Waals surface area contributed by atoms with Crippen LogP contribution in [-0.2, 0) is 12.7 Å². The van der Waals surface area contributed by atoms with Crippen LogP contribution in [0.4, 0.5) is 13.2 Å². The highest BCUT2D eigenvalue weighted by molar-refractivity contribution is 7.09. The smallest absolute Gasteiger partial charge is 0.343 e. The largest absolute Gasteiger partial charge is 0.434 e. The van der Waals surface area contributed by atoms with E-state index in [1.165, 1.54) is 6.20 Å². The molecule has 0 saturated heterocycles. The number of aromatic nitrogens is 3. The minimum absolute atomic E-state index is 0.242. The first-order valence-electron chi connectivity index (χ1n) is 6.71. The van der Waals surface area contributed by atoms with E-state index in [4.69, 9.17) is 0 Å². The lowest BCUT2D eigenvalue weighted by Gasteiger charge is -2.13. The third kappa shape index (κ3) is 3.65. The number of nitrogens with zero attached hydrogens (tertiary/aromatic N) is 3. The van der Waals surface area contributed by atoms with Crippen molar-refractivity contribution in [3.8, 4) is 0 Å². The van der Waals surface area contributed by atoms with E-state index in [1.807, 2.05) is 6.92 Å². The molecular weight excluding hydrogens is 317 g/mol. The summed E-state index contributed by atoms with van der Waals surface area (Å²) in [6, 6.07) is -0.557. The maximum atomic E-state index is 12.6. The molecule has 9 heteroatoms. The molecule has 120 valence electrons. The molecule has 0 spiro atoms. The summed E-state index contributed by atoms with van der Waals surface area (Å²) in [6.45, 7) is 4.29. The first-order valence-corrected chi connectivity index (χ1v) is 7.59. The highest BCUT2D eigenvalue weighted by Crippen LogP contribution is 2.32. The minimum atomic E-state index is -4.47. The summed E-state index contributed by atoms with van der Waals surface area (Å²) in [7, 11) is 0. The maximum absolute atomic E-state index is 12.6. The van der Waals surface area contributed by atoms with Crippen LogP contribution in [0.5, 0.6) is 0 Å². The van der Waals surface area contributed by atoms with Gasteiger partial charge < -0.3 is 5.32 Å². The van der Waals surface area contributed by atoms with Gasteiger partial charge in [-0.05, 0) is 13.3 Å². The summed E-state index contributed by atoms with van der Waals surface area (Å²) in [5, 5.41) is 7.88. The second kappa shape index (κ2) is 6.47. The van der Waals surface area contributed by atoms with Crippen LogP contribution in [0, 0.1) is 0 Å². The molecule has 0 fully saturated rings. The number of rotatable bonds is 5. The van der Waals surface area contributed by atoms with Gasteiger partial charge in [-0.3, -0.25) is 9.48 Å². The summed E-state index contributed by atoms with van der Waals surface area (Å²) in [4.78, 5) is 15.7. The van der Waals surface area contributed by atoms with Gasteiger partial charge in [-0.25, -0.2) is 4.98 Å². The molecule has 2 heterocycles. The molecule has 1 amide bonds. The average Bonchev–Trinajstić information content (AvgIpc) is 3.12. The van der Waals surface area contributed by atoms with Crippen molar-refractivity contribution in [3.63, 3.8) is 0 Å². The van der Waals surface area contributed by atoms with E-state index in [0.29, 0.717) is 18.5 Å². The Morgan fingerprint density at radius 1 is 1.45 bits per heavy atom. The highest BCUT2D eigenvalue weighted by atomic mass is 32.1. The van der Waals surface area contributed by atoms with E-state index < -0.39 is 17.9 Å². The fraction of sp³-hybridized carbons (Fsp3) is 0.462. The average molecular weight is 332 g/mol. The monoisotopic (exact) mass is 332 g/mol. The second-order valence-electron chi connectivity index (χ2n) is 4.59. The predicted octanol–water partition coefficient (Wildman–Crippen LogP) is 3.26. The van der Waals surface area contributed by atoms with Crippen LogP contribution in [0.3, 0.4) is 0 Å². The molecule has 5 nitrogen and oxygen atoms in total. The molecular formula is C13H15F3N4OS. The summed E-state index contributed by atoms with van der Waals surface area (Å²) < 4.78 is 39.3. The maximum Gasteiger partial charge on any atom is 0.434 e.